The monoisotopic (exact) mass is 426 g/mol. The SMILES string of the molecule is COC(=O)c1nc2n(n1)C(c1ccc(OC)cc1)C(C(=O)OC1CCCCC1)=C(C)N2. The van der Waals surface area contributed by atoms with Gasteiger partial charge in [0.15, 0.2) is 0 Å². The first-order valence-corrected chi connectivity index (χ1v) is 10.4. The highest BCUT2D eigenvalue weighted by atomic mass is 16.5. The van der Waals surface area contributed by atoms with Crippen LogP contribution in [0.4, 0.5) is 5.95 Å². The van der Waals surface area contributed by atoms with Gasteiger partial charge in [0.2, 0.25) is 5.95 Å². The number of fused-ring (bicyclic) bond motifs is 1. The van der Waals surface area contributed by atoms with Gasteiger partial charge in [-0.2, -0.15) is 4.98 Å². The Bertz CT molecular complexity index is 1010. The molecule has 0 saturated heterocycles. The summed E-state index contributed by atoms with van der Waals surface area (Å²) >= 11 is 0. The van der Waals surface area contributed by atoms with Gasteiger partial charge in [-0.1, -0.05) is 18.6 Å². The predicted octanol–water partition coefficient (Wildman–Crippen LogP) is 3.24. The van der Waals surface area contributed by atoms with Crippen LogP contribution in [0.1, 0.15) is 61.3 Å². The number of carbonyl (C=O) groups is 2. The van der Waals surface area contributed by atoms with Gasteiger partial charge >= 0.3 is 11.9 Å². The van der Waals surface area contributed by atoms with Crippen molar-refractivity contribution in [3.05, 3.63) is 46.9 Å². The van der Waals surface area contributed by atoms with Gasteiger partial charge in [0, 0.05) is 5.70 Å². The molecule has 1 fully saturated rings. The molecule has 0 bridgehead atoms. The zero-order valence-electron chi connectivity index (χ0n) is 17.9. The predicted molar refractivity (Wildman–Crippen MR) is 112 cm³/mol. The first-order valence-electron chi connectivity index (χ1n) is 10.4. The van der Waals surface area contributed by atoms with Gasteiger partial charge in [0.05, 0.1) is 19.8 Å². The Hall–Kier alpha value is -3.36. The molecule has 0 radical (unpaired) electrons. The van der Waals surface area contributed by atoms with E-state index in [9.17, 15) is 9.59 Å². The molecule has 1 atom stereocenters. The molecular formula is C22H26N4O5. The summed E-state index contributed by atoms with van der Waals surface area (Å²) in [4.78, 5) is 29.5. The molecule has 2 aliphatic rings. The molecule has 9 heteroatoms. The van der Waals surface area contributed by atoms with Crippen molar-refractivity contribution in [1.82, 2.24) is 14.8 Å². The Balaban J connectivity index is 1.74. The highest BCUT2D eigenvalue weighted by Gasteiger charge is 2.37. The lowest BCUT2D eigenvalue weighted by Crippen LogP contribution is -2.32. The number of carbonyl (C=O) groups excluding carboxylic acids is 2. The third kappa shape index (κ3) is 4.12. The molecule has 2 aromatic rings. The number of hydrogen-bond acceptors (Lipinski definition) is 8. The molecule has 4 rings (SSSR count). The number of nitrogens with one attached hydrogen (secondary N) is 1. The Morgan fingerprint density at radius 3 is 2.42 bits per heavy atom. The van der Waals surface area contributed by atoms with Crippen LogP contribution < -0.4 is 10.1 Å². The van der Waals surface area contributed by atoms with Gasteiger partial charge in [-0.15, -0.1) is 5.10 Å². The Morgan fingerprint density at radius 1 is 1.06 bits per heavy atom. The summed E-state index contributed by atoms with van der Waals surface area (Å²) in [5, 5.41) is 7.42. The van der Waals surface area contributed by atoms with E-state index in [1.54, 1.807) is 14.0 Å². The fourth-order valence-corrected chi connectivity index (χ4v) is 4.09. The third-order valence-electron chi connectivity index (χ3n) is 5.70. The van der Waals surface area contributed by atoms with E-state index in [4.69, 9.17) is 14.2 Å². The van der Waals surface area contributed by atoms with Crippen molar-refractivity contribution < 1.29 is 23.8 Å². The van der Waals surface area contributed by atoms with Crippen LogP contribution in [0.15, 0.2) is 35.5 Å². The maximum absolute atomic E-state index is 13.3. The second kappa shape index (κ2) is 8.79. The molecule has 1 aliphatic heterocycles. The zero-order valence-corrected chi connectivity index (χ0v) is 17.9. The lowest BCUT2D eigenvalue weighted by molar-refractivity contribution is -0.146. The van der Waals surface area contributed by atoms with E-state index in [1.807, 2.05) is 24.3 Å². The average Bonchev–Trinajstić information content (AvgIpc) is 3.22. The second-order valence-electron chi connectivity index (χ2n) is 7.70. The summed E-state index contributed by atoms with van der Waals surface area (Å²) in [5.41, 5.74) is 1.84. The minimum Gasteiger partial charge on any atom is -0.497 e. The number of esters is 2. The van der Waals surface area contributed by atoms with E-state index in [0.717, 1.165) is 31.2 Å². The summed E-state index contributed by atoms with van der Waals surface area (Å²) in [6.45, 7) is 1.80. The number of methoxy groups -OCH3 is 2. The number of hydrogen-bond donors (Lipinski definition) is 1. The number of benzene rings is 1. The summed E-state index contributed by atoms with van der Waals surface area (Å²) in [7, 11) is 2.86. The van der Waals surface area contributed by atoms with Gasteiger partial charge in [0.25, 0.3) is 5.82 Å². The Morgan fingerprint density at radius 2 is 1.77 bits per heavy atom. The van der Waals surface area contributed by atoms with Crippen molar-refractivity contribution in [3.63, 3.8) is 0 Å². The van der Waals surface area contributed by atoms with Crippen LogP contribution >= 0.6 is 0 Å². The van der Waals surface area contributed by atoms with Crippen LogP contribution in [-0.2, 0) is 14.3 Å². The maximum atomic E-state index is 13.3. The molecule has 1 aromatic carbocycles. The van der Waals surface area contributed by atoms with E-state index in [1.165, 1.54) is 18.2 Å². The largest absolute Gasteiger partial charge is 0.497 e. The highest BCUT2D eigenvalue weighted by Crippen LogP contribution is 2.37. The van der Waals surface area contributed by atoms with Crippen LogP contribution in [-0.4, -0.2) is 47.0 Å². The minimum absolute atomic E-state index is 0.0826. The molecule has 1 N–H and O–H groups in total. The smallest absolute Gasteiger partial charge is 0.378 e. The lowest BCUT2D eigenvalue weighted by Gasteiger charge is -2.30. The van der Waals surface area contributed by atoms with Gasteiger partial charge in [-0.05, 0) is 50.3 Å². The summed E-state index contributed by atoms with van der Waals surface area (Å²) in [6.07, 6.45) is 4.96. The van der Waals surface area contributed by atoms with Gasteiger partial charge in [-0.3, -0.25) is 0 Å². The van der Waals surface area contributed by atoms with Crippen molar-refractivity contribution in [1.29, 1.82) is 0 Å². The standard InChI is InChI=1S/C22H26N4O5/c1-13-17(20(27)31-16-7-5-4-6-8-16)18(14-9-11-15(29-2)12-10-14)26-22(23-13)24-19(25-26)21(28)30-3/h9-12,16,18H,4-8H2,1-3H3,(H,23,24,25). The first kappa shape index (κ1) is 20.9. The van der Waals surface area contributed by atoms with Crippen LogP contribution in [0.5, 0.6) is 5.75 Å². The minimum atomic E-state index is -0.652. The molecule has 1 saturated carbocycles. The van der Waals surface area contributed by atoms with Gasteiger partial charge in [-0.25, -0.2) is 14.3 Å². The molecule has 1 aliphatic carbocycles. The Labute approximate surface area is 180 Å². The second-order valence-corrected chi connectivity index (χ2v) is 7.70. The fourth-order valence-electron chi connectivity index (χ4n) is 4.09. The zero-order chi connectivity index (χ0) is 22.0. The normalized spacial score (nSPS) is 18.7. The summed E-state index contributed by atoms with van der Waals surface area (Å²) in [5.74, 6) is -0.0791. The van der Waals surface area contributed by atoms with Crippen molar-refractivity contribution in [3.8, 4) is 5.75 Å². The van der Waals surface area contributed by atoms with Gasteiger partial charge in [0.1, 0.15) is 17.9 Å². The van der Waals surface area contributed by atoms with Crippen LogP contribution in [0, 0.1) is 0 Å². The van der Waals surface area contributed by atoms with Crippen molar-refractivity contribution >= 4 is 17.9 Å². The summed E-state index contributed by atoms with van der Waals surface area (Å²) in [6, 6.07) is 6.74. The number of aromatic nitrogens is 3. The van der Waals surface area contributed by atoms with E-state index in [-0.39, 0.29) is 11.9 Å². The topological polar surface area (TPSA) is 105 Å². The van der Waals surface area contributed by atoms with Crippen LogP contribution in [0.2, 0.25) is 0 Å². The van der Waals surface area contributed by atoms with E-state index >= 15 is 0 Å². The third-order valence-corrected chi connectivity index (χ3v) is 5.70. The van der Waals surface area contributed by atoms with Crippen molar-refractivity contribution in [2.24, 2.45) is 0 Å². The highest BCUT2D eigenvalue weighted by molar-refractivity contribution is 5.93. The maximum Gasteiger partial charge on any atom is 0.378 e. The van der Waals surface area contributed by atoms with E-state index in [0.29, 0.717) is 23.0 Å². The molecule has 2 heterocycles. The van der Waals surface area contributed by atoms with Gasteiger partial charge < -0.3 is 19.5 Å². The molecule has 0 spiro atoms. The van der Waals surface area contributed by atoms with Crippen LogP contribution in [0.25, 0.3) is 0 Å². The number of rotatable bonds is 5. The first-order chi connectivity index (χ1) is 15.0. The number of nitrogens with zero attached hydrogens (tertiary/aromatic N) is 3. The van der Waals surface area contributed by atoms with E-state index < -0.39 is 18.0 Å². The number of anilines is 1. The van der Waals surface area contributed by atoms with Crippen LogP contribution in [0.3, 0.4) is 0 Å². The summed E-state index contributed by atoms with van der Waals surface area (Å²) < 4.78 is 17.4. The fraction of sp³-hybridized carbons (Fsp3) is 0.455. The van der Waals surface area contributed by atoms with Crippen molar-refractivity contribution in [2.75, 3.05) is 19.5 Å². The van der Waals surface area contributed by atoms with Crippen molar-refractivity contribution in [2.45, 2.75) is 51.2 Å². The molecule has 164 valence electrons. The molecular weight excluding hydrogens is 400 g/mol. The molecule has 0 amide bonds. The number of ether oxygens (including phenoxy) is 3. The molecule has 1 aromatic heterocycles. The quantitative estimate of drug-likeness (QED) is 0.727. The van der Waals surface area contributed by atoms with E-state index in [2.05, 4.69) is 15.4 Å². The average molecular weight is 426 g/mol. The molecule has 1 unspecified atom stereocenters. The molecule has 31 heavy (non-hydrogen) atoms. The lowest BCUT2D eigenvalue weighted by atomic mass is 9.95. The molecule has 9 nitrogen and oxygen atoms in total. The Kier molecular flexibility index (Phi) is 5.92. The number of allylic oxidation sites excluding steroid dienone is 1.